The average molecular weight is 288 g/mol. The molecule has 0 aliphatic rings. The van der Waals surface area contributed by atoms with E-state index < -0.39 is 17.3 Å². The van der Waals surface area contributed by atoms with Gasteiger partial charge in [0.15, 0.2) is 0 Å². The molecule has 2 aromatic carbocycles. The van der Waals surface area contributed by atoms with E-state index in [2.05, 4.69) is 6.92 Å². The van der Waals surface area contributed by atoms with E-state index >= 15 is 0 Å². The molecule has 0 saturated carbocycles. The number of carboxylic acid groups (broad SMARTS) is 1. The van der Waals surface area contributed by atoms with Crippen LogP contribution in [0, 0.1) is 5.82 Å². The summed E-state index contributed by atoms with van der Waals surface area (Å²) in [5.74, 6) is -2.13. The van der Waals surface area contributed by atoms with Crippen molar-refractivity contribution in [2.24, 2.45) is 0 Å². The summed E-state index contributed by atoms with van der Waals surface area (Å²) in [7, 11) is 1.76. The van der Waals surface area contributed by atoms with Crippen LogP contribution in [0.25, 0.3) is 0 Å². The monoisotopic (exact) mass is 288 g/mol. The lowest BCUT2D eigenvalue weighted by Gasteiger charge is -2.22. The summed E-state index contributed by atoms with van der Waals surface area (Å²) in [4.78, 5) is 12.6. The Kier molecular flexibility index (Phi) is 4.12. The van der Waals surface area contributed by atoms with Crippen LogP contribution in [0.1, 0.15) is 22.8 Å². The largest absolute Gasteiger partial charge is 0.478 e. The zero-order valence-corrected chi connectivity index (χ0v) is 11.9. The Balaban J connectivity index is 2.40. The summed E-state index contributed by atoms with van der Waals surface area (Å²) in [6.45, 7) is 2.07. The van der Waals surface area contributed by atoms with Gasteiger partial charge in [0.25, 0.3) is 0 Å². The normalized spacial score (nSPS) is 10.4. The molecule has 4 nitrogen and oxygen atoms in total. The summed E-state index contributed by atoms with van der Waals surface area (Å²) in [6, 6.07) is 10.1. The first kappa shape index (κ1) is 14.8. The molecular formula is C16H17FN2O2. The minimum absolute atomic E-state index is 0.218. The van der Waals surface area contributed by atoms with Crippen LogP contribution in [0.15, 0.2) is 36.4 Å². The lowest BCUT2D eigenvalue weighted by Crippen LogP contribution is -2.13. The fourth-order valence-corrected chi connectivity index (χ4v) is 2.13. The fourth-order valence-electron chi connectivity index (χ4n) is 2.13. The molecule has 0 heterocycles. The van der Waals surface area contributed by atoms with Gasteiger partial charge in [-0.25, -0.2) is 9.18 Å². The Morgan fingerprint density at radius 3 is 2.43 bits per heavy atom. The van der Waals surface area contributed by atoms with E-state index in [4.69, 9.17) is 10.8 Å². The average Bonchev–Trinajstić information content (AvgIpc) is 2.48. The lowest BCUT2D eigenvalue weighted by atomic mass is 10.1. The number of hydrogen-bond donors (Lipinski definition) is 2. The number of aromatic carboxylic acids is 1. The molecule has 0 radical (unpaired) electrons. The van der Waals surface area contributed by atoms with E-state index in [1.54, 1.807) is 11.9 Å². The van der Waals surface area contributed by atoms with Crippen molar-refractivity contribution < 1.29 is 14.3 Å². The van der Waals surface area contributed by atoms with E-state index in [9.17, 15) is 9.18 Å². The molecule has 0 amide bonds. The molecule has 0 aromatic heterocycles. The maximum Gasteiger partial charge on any atom is 0.338 e. The van der Waals surface area contributed by atoms with E-state index in [1.165, 1.54) is 5.56 Å². The smallest absolute Gasteiger partial charge is 0.338 e. The topological polar surface area (TPSA) is 66.6 Å². The fraction of sp³-hybridized carbons (Fsp3) is 0.188. The van der Waals surface area contributed by atoms with Crippen molar-refractivity contribution in [2.45, 2.75) is 13.3 Å². The SMILES string of the molecule is CCc1ccc(N(C)c2cc(F)c(C(=O)O)cc2N)cc1. The molecule has 0 unspecified atom stereocenters. The van der Waals surface area contributed by atoms with Crippen molar-refractivity contribution in [1.82, 2.24) is 0 Å². The number of nitrogens with two attached hydrogens (primary N) is 1. The van der Waals surface area contributed by atoms with Gasteiger partial charge in [-0.1, -0.05) is 19.1 Å². The quantitative estimate of drug-likeness (QED) is 0.846. The Morgan fingerprint density at radius 1 is 1.29 bits per heavy atom. The lowest BCUT2D eigenvalue weighted by molar-refractivity contribution is 0.0692. The van der Waals surface area contributed by atoms with Crippen LogP contribution < -0.4 is 10.6 Å². The second-order valence-electron chi connectivity index (χ2n) is 4.78. The number of rotatable bonds is 4. The number of benzene rings is 2. The Hall–Kier alpha value is -2.56. The first-order chi connectivity index (χ1) is 9.93. The minimum Gasteiger partial charge on any atom is -0.478 e. The van der Waals surface area contributed by atoms with Crippen molar-refractivity contribution in [1.29, 1.82) is 0 Å². The van der Waals surface area contributed by atoms with Crippen LogP contribution in [-0.4, -0.2) is 18.1 Å². The Labute approximate surface area is 122 Å². The highest BCUT2D eigenvalue weighted by molar-refractivity contribution is 5.91. The Bertz CT molecular complexity index is 669. The van der Waals surface area contributed by atoms with Gasteiger partial charge in [-0.2, -0.15) is 0 Å². The molecule has 0 saturated heterocycles. The summed E-state index contributed by atoms with van der Waals surface area (Å²) in [5.41, 5.74) is 8.13. The van der Waals surface area contributed by atoms with Crippen LogP contribution in [0.5, 0.6) is 0 Å². The zero-order chi connectivity index (χ0) is 15.6. The third-order valence-electron chi connectivity index (χ3n) is 3.44. The third kappa shape index (κ3) is 2.97. The van der Waals surface area contributed by atoms with Crippen LogP contribution in [-0.2, 0) is 6.42 Å². The molecule has 2 aromatic rings. The van der Waals surface area contributed by atoms with Gasteiger partial charge in [0.2, 0.25) is 0 Å². The molecule has 0 aliphatic carbocycles. The number of halogens is 1. The summed E-state index contributed by atoms with van der Waals surface area (Å²) in [6.07, 6.45) is 0.939. The van der Waals surface area contributed by atoms with Crippen molar-refractivity contribution in [3.05, 3.63) is 53.3 Å². The molecule has 0 fully saturated rings. The van der Waals surface area contributed by atoms with E-state index in [1.807, 2.05) is 24.3 Å². The predicted octanol–water partition coefficient (Wildman–Crippen LogP) is 3.44. The van der Waals surface area contributed by atoms with Gasteiger partial charge < -0.3 is 15.7 Å². The highest BCUT2D eigenvalue weighted by Gasteiger charge is 2.16. The first-order valence-corrected chi connectivity index (χ1v) is 6.59. The number of hydrogen-bond acceptors (Lipinski definition) is 3. The highest BCUT2D eigenvalue weighted by Crippen LogP contribution is 2.31. The number of nitrogens with zero attached hydrogens (tertiary/aromatic N) is 1. The Morgan fingerprint density at radius 2 is 1.90 bits per heavy atom. The molecule has 21 heavy (non-hydrogen) atoms. The third-order valence-corrected chi connectivity index (χ3v) is 3.44. The van der Waals surface area contributed by atoms with E-state index in [0.717, 1.165) is 24.2 Å². The van der Waals surface area contributed by atoms with Crippen LogP contribution in [0.3, 0.4) is 0 Å². The molecule has 0 spiro atoms. The molecule has 0 aliphatic heterocycles. The summed E-state index contributed by atoms with van der Waals surface area (Å²) < 4.78 is 13.8. The van der Waals surface area contributed by atoms with Gasteiger partial charge in [0, 0.05) is 18.8 Å². The number of carboxylic acids is 1. The first-order valence-electron chi connectivity index (χ1n) is 6.59. The maximum atomic E-state index is 13.8. The van der Waals surface area contributed by atoms with Crippen molar-refractivity contribution >= 4 is 23.0 Å². The predicted molar refractivity (Wildman–Crippen MR) is 81.7 cm³/mol. The molecule has 5 heteroatoms. The van der Waals surface area contributed by atoms with E-state index in [-0.39, 0.29) is 5.69 Å². The van der Waals surface area contributed by atoms with Gasteiger partial charge in [-0.05, 0) is 30.2 Å². The number of anilines is 3. The second-order valence-corrected chi connectivity index (χ2v) is 4.78. The number of nitrogen functional groups attached to an aromatic ring is 1. The molecule has 0 atom stereocenters. The number of carbonyl (C=O) groups is 1. The molecule has 3 N–H and O–H groups in total. The van der Waals surface area contributed by atoms with Gasteiger partial charge in [0.1, 0.15) is 5.82 Å². The van der Waals surface area contributed by atoms with Crippen molar-refractivity contribution in [3.63, 3.8) is 0 Å². The van der Waals surface area contributed by atoms with Crippen LogP contribution in [0.2, 0.25) is 0 Å². The van der Waals surface area contributed by atoms with Crippen LogP contribution in [0.4, 0.5) is 21.5 Å². The van der Waals surface area contributed by atoms with Gasteiger partial charge in [-0.3, -0.25) is 0 Å². The zero-order valence-electron chi connectivity index (χ0n) is 11.9. The molecule has 2 rings (SSSR count). The van der Waals surface area contributed by atoms with E-state index in [0.29, 0.717) is 5.69 Å². The standard InChI is InChI=1S/C16H17FN2O2/c1-3-10-4-6-11(7-5-10)19(2)15-9-13(17)12(16(20)21)8-14(15)18/h4-9H,3,18H2,1-2H3,(H,20,21). The van der Waals surface area contributed by atoms with Crippen molar-refractivity contribution in [2.75, 3.05) is 17.7 Å². The van der Waals surface area contributed by atoms with Crippen molar-refractivity contribution in [3.8, 4) is 0 Å². The van der Waals surface area contributed by atoms with Gasteiger partial charge >= 0.3 is 5.97 Å². The second kappa shape index (κ2) is 5.83. The highest BCUT2D eigenvalue weighted by atomic mass is 19.1. The molecular weight excluding hydrogens is 271 g/mol. The summed E-state index contributed by atoms with van der Waals surface area (Å²) in [5, 5.41) is 8.89. The summed E-state index contributed by atoms with van der Waals surface area (Å²) >= 11 is 0. The van der Waals surface area contributed by atoms with Crippen LogP contribution >= 0.6 is 0 Å². The van der Waals surface area contributed by atoms with Gasteiger partial charge in [0.05, 0.1) is 16.9 Å². The van der Waals surface area contributed by atoms with Gasteiger partial charge in [-0.15, -0.1) is 0 Å². The molecule has 110 valence electrons. The minimum atomic E-state index is -1.33. The molecule has 0 bridgehead atoms. The maximum absolute atomic E-state index is 13.8. The number of aryl methyl sites for hydroxylation is 1.